The molecule has 15 heavy (non-hydrogen) atoms. The molecule has 1 nitrogen and oxygen atoms in total. The second kappa shape index (κ2) is 3.35. The van der Waals surface area contributed by atoms with E-state index in [1.807, 2.05) is 12.3 Å². The predicted molar refractivity (Wildman–Crippen MR) is 63.7 cm³/mol. The maximum Gasteiger partial charge on any atom is 0.0704 e. The summed E-state index contributed by atoms with van der Waals surface area (Å²) >= 11 is 0. The van der Waals surface area contributed by atoms with Crippen LogP contribution in [0.3, 0.4) is 0 Å². The lowest BCUT2D eigenvalue weighted by molar-refractivity contribution is 1.37. The molecule has 0 N–H and O–H groups in total. The third-order valence-electron chi connectivity index (χ3n) is 2.75. The number of aliphatic imine (C=N–C) groups is 1. The lowest BCUT2D eigenvalue weighted by Crippen LogP contribution is -1.87. The van der Waals surface area contributed by atoms with Crippen LogP contribution in [-0.4, -0.2) is 6.21 Å². The summed E-state index contributed by atoms with van der Waals surface area (Å²) in [7, 11) is 0. The Morgan fingerprint density at radius 1 is 0.800 bits per heavy atom. The Hall–Kier alpha value is -1.89. The van der Waals surface area contributed by atoms with Gasteiger partial charge >= 0.3 is 0 Å². The highest BCUT2D eigenvalue weighted by molar-refractivity contribution is 5.85. The zero-order chi connectivity index (χ0) is 10.1. The van der Waals surface area contributed by atoms with Crippen molar-refractivity contribution in [3.63, 3.8) is 0 Å². The first-order valence-corrected chi connectivity index (χ1v) is 5.15. The standard InChI is InChI=1S/C14H11N/c1-2-6-12-11(5-1)9-10-15-14-8-4-3-7-13(12)14/h1-8,10H,9H2. The molecule has 3 rings (SSSR count). The van der Waals surface area contributed by atoms with E-state index in [4.69, 9.17) is 0 Å². The van der Waals surface area contributed by atoms with E-state index in [1.165, 1.54) is 16.7 Å². The summed E-state index contributed by atoms with van der Waals surface area (Å²) in [4.78, 5) is 4.48. The lowest BCUT2D eigenvalue weighted by atomic mass is 9.98. The number of rotatable bonds is 0. The number of hydrogen-bond acceptors (Lipinski definition) is 1. The van der Waals surface area contributed by atoms with E-state index < -0.39 is 0 Å². The first kappa shape index (κ1) is 8.42. The summed E-state index contributed by atoms with van der Waals surface area (Å²) in [6, 6.07) is 16.8. The van der Waals surface area contributed by atoms with Gasteiger partial charge in [0.2, 0.25) is 0 Å². The average molecular weight is 193 g/mol. The van der Waals surface area contributed by atoms with Crippen molar-refractivity contribution in [1.82, 2.24) is 0 Å². The molecule has 2 aromatic carbocycles. The molecular formula is C14H11N. The van der Waals surface area contributed by atoms with Crippen molar-refractivity contribution >= 4 is 11.9 Å². The third-order valence-corrected chi connectivity index (χ3v) is 2.75. The fourth-order valence-electron chi connectivity index (χ4n) is 2.02. The summed E-state index contributed by atoms with van der Waals surface area (Å²) in [5.74, 6) is 0. The molecule has 0 amide bonds. The van der Waals surface area contributed by atoms with Gasteiger partial charge in [-0.3, -0.25) is 4.99 Å². The van der Waals surface area contributed by atoms with E-state index in [2.05, 4.69) is 47.5 Å². The van der Waals surface area contributed by atoms with Gasteiger partial charge in [-0.1, -0.05) is 42.5 Å². The summed E-state index contributed by atoms with van der Waals surface area (Å²) < 4.78 is 0. The molecule has 0 saturated carbocycles. The van der Waals surface area contributed by atoms with Crippen molar-refractivity contribution in [2.24, 2.45) is 4.99 Å². The van der Waals surface area contributed by atoms with Crippen LogP contribution in [0.4, 0.5) is 5.69 Å². The highest BCUT2D eigenvalue weighted by atomic mass is 14.7. The zero-order valence-electron chi connectivity index (χ0n) is 8.35. The van der Waals surface area contributed by atoms with Gasteiger partial charge in [0.1, 0.15) is 0 Å². The van der Waals surface area contributed by atoms with Gasteiger partial charge in [0.05, 0.1) is 5.69 Å². The van der Waals surface area contributed by atoms with Crippen LogP contribution in [0.25, 0.3) is 11.1 Å². The Morgan fingerprint density at radius 2 is 1.53 bits per heavy atom. The van der Waals surface area contributed by atoms with E-state index in [9.17, 15) is 0 Å². The monoisotopic (exact) mass is 193 g/mol. The third kappa shape index (κ3) is 1.37. The molecule has 1 heterocycles. The van der Waals surface area contributed by atoms with Gasteiger partial charge in [-0.25, -0.2) is 0 Å². The fraction of sp³-hybridized carbons (Fsp3) is 0.0714. The largest absolute Gasteiger partial charge is 0.260 e. The van der Waals surface area contributed by atoms with Crippen molar-refractivity contribution in [3.8, 4) is 11.1 Å². The summed E-state index contributed by atoms with van der Waals surface area (Å²) in [5, 5.41) is 0. The van der Waals surface area contributed by atoms with E-state index in [1.54, 1.807) is 0 Å². The molecule has 0 spiro atoms. The molecule has 0 unspecified atom stereocenters. The molecule has 0 radical (unpaired) electrons. The summed E-state index contributed by atoms with van der Waals surface area (Å²) in [6.07, 6.45) is 2.91. The molecule has 72 valence electrons. The van der Waals surface area contributed by atoms with Crippen LogP contribution in [-0.2, 0) is 6.42 Å². The second-order valence-electron chi connectivity index (χ2n) is 3.69. The number of para-hydroxylation sites is 1. The molecule has 1 heteroatoms. The minimum Gasteiger partial charge on any atom is -0.260 e. The molecule has 0 atom stereocenters. The van der Waals surface area contributed by atoms with Crippen LogP contribution in [0, 0.1) is 0 Å². The second-order valence-corrected chi connectivity index (χ2v) is 3.69. The highest BCUT2D eigenvalue weighted by Crippen LogP contribution is 2.34. The van der Waals surface area contributed by atoms with Gasteiger partial charge in [0.25, 0.3) is 0 Å². The van der Waals surface area contributed by atoms with Crippen molar-refractivity contribution in [3.05, 3.63) is 54.1 Å². The van der Waals surface area contributed by atoms with Crippen molar-refractivity contribution in [1.29, 1.82) is 0 Å². The van der Waals surface area contributed by atoms with Gasteiger partial charge in [0, 0.05) is 18.2 Å². The zero-order valence-corrected chi connectivity index (χ0v) is 8.35. The summed E-state index contributed by atoms with van der Waals surface area (Å²) in [5.41, 5.74) is 4.97. The lowest BCUT2D eigenvalue weighted by Gasteiger charge is -2.06. The first-order valence-electron chi connectivity index (χ1n) is 5.15. The number of nitrogens with zero attached hydrogens (tertiary/aromatic N) is 1. The molecule has 1 aliphatic heterocycles. The molecule has 0 bridgehead atoms. The van der Waals surface area contributed by atoms with Crippen LogP contribution in [0.15, 0.2) is 53.5 Å². The maximum atomic E-state index is 4.48. The van der Waals surface area contributed by atoms with Gasteiger partial charge < -0.3 is 0 Å². The van der Waals surface area contributed by atoms with E-state index in [0.29, 0.717) is 0 Å². The molecular weight excluding hydrogens is 182 g/mol. The number of benzene rings is 2. The molecule has 0 aromatic heterocycles. The predicted octanol–water partition coefficient (Wildman–Crippen LogP) is 3.61. The first-order chi connectivity index (χ1) is 7.45. The molecule has 0 aliphatic carbocycles. The van der Waals surface area contributed by atoms with Crippen LogP contribution in [0.1, 0.15) is 5.56 Å². The topological polar surface area (TPSA) is 12.4 Å². The van der Waals surface area contributed by atoms with Gasteiger partial charge in [-0.05, 0) is 17.2 Å². The average Bonchev–Trinajstić information content (AvgIpc) is 2.48. The highest BCUT2D eigenvalue weighted by Gasteiger charge is 2.09. The number of fused-ring (bicyclic) bond motifs is 3. The van der Waals surface area contributed by atoms with Crippen LogP contribution in [0.2, 0.25) is 0 Å². The Balaban J connectivity index is 2.33. The SMILES string of the molecule is C1=Nc2ccccc2-c2ccccc2C1. The molecule has 0 fully saturated rings. The quantitative estimate of drug-likeness (QED) is 0.606. The fourth-order valence-corrected chi connectivity index (χ4v) is 2.02. The van der Waals surface area contributed by atoms with E-state index in [0.717, 1.165) is 12.1 Å². The molecule has 1 aliphatic rings. The Bertz CT molecular complexity index is 526. The summed E-state index contributed by atoms with van der Waals surface area (Å²) in [6.45, 7) is 0. The normalized spacial score (nSPS) is 12.8. The van der Waals surface area contributed by atoms with Gasteiger partial charge in [0.15, 0.2) is 0 Å². The molecule has 2 aromatic rings. The van der Waals surface area contributed by atoms with E-state index in [-0.39, 0.29) is 0 Å². The van der Waals surface area contributed by atoms with Crippen LogP contribution >= 0.6 is 0 Å². The van der Waals surface area contributed by atoms with Crippen molar-refractivity contribution in [2.75, 3.05) is 0 Å². The van der Waals surface area contributed by atoms with Crippen LogP contribution < -0.4 is 0 Å². The smallest absolute Gasteiger partial charge is 0.0704 e. The van der Waals surface area contributed by atoms with Crippen molar-refractivity contribution in [2.45, 2.75) is 6.42 Å². The molecule has 0 saturated heterocycles. The minimum atomic E-state index is 0.921. The Morgan fingerprint density at radius 3 is 2.47 bits per heavy atom. The Kier molecular flexibility index (Phi) is 1.88. The van der Waals surface area contributed by atoms with Crippen molar-refractivity contribution < 1.29 is 0 Å². The minimum absolute atomic E-state index is 0.921. The van der Waals surface area contributed by atoms with E-state index >= 15 is 0 Å². The number of hydrogen-bond donors (Lipinski definition) is 0. The Labute approximate surface area is 89.1 Å². The maximum absolute atomic E-state index is 4.48. The van der Waals surface area contributed by atoms with Gasteiger partial charge in [-0.15, -0.1) is 0 Å². The van der Waals surface area contributed by atoms with Crippen LogP contribution in [0.5, 0.6) is 0 Å². The van der Waals surface area contributed by atoms with Gasteiger partial charge in [-0.2, -0.15) is 0 Å².